The van der Waals surface area contributed by atoms with Crippen molar-refractivity contribution in [3.63, 3.8) is 0 Å². The number of nitrogens with one attached hydrogen (secondary N) is 2. The Labute approximate surface area is 179 Å². The Kier molecular flexibility index (Phi) is 7.74. The summed E-state index contributed by atoms with van der Waals surface area (Å²) >= 11 is 0. The summed E-state index contributed by atoms with van der Waals surface area (Å²) in [5, 5.41) is 5.67. The predicted molar refractivity (Wildman–Crippen MR) is 118 cm³/mol. The van der Waals surface area contributed by atoms with Crippen LogP contribution >= 0.6 is 0 Å². The molecule has 1 aromatic rings. The van der Waals surface area contributed by atoms with Gasteiger partial charge in [0.25, 0.3) is 0 Å². The lowest BCUT2D eigenvalue weighted by molar-refractivity contribution is -0.139. The number of carbonyl (C=O) groups is 2. The molecule has 1 atom stereocenters. The van der Waals surface area contributed by atoms with Gasteiger partial charge in [0.15, 0.2) is 0 Å². The van der Waals surface area contributed by atoms with Gasteiger partial charge in [-0.2, -0.15) is 0 Å². The Morgan fingerprint density at radius 2 is 1.90 bits per heavy atom. The van der Waals surface area contributed by atoms with Gasteiger partial charge < -0.3 is 20.3 Å². The Balaban J connectivity index is 1.79. The number of anilines is 1. The molecule has 0 saturated carbocycles. The summed E-state index contributed by atoms with van der Waals surface area (Å²) in [6.45, 7) is 7.43. The van der Waals surface area contributed by atoms with Gasteiger partial charge in [0, 0.05) is 37.6 Å². The molecule has 2 heterocycles. The normalized spacial score (nSPS) is 19.5. The van der Waals surface area contributed by atoms with Gasteiger partial charge in [0.1, 0.15) is 0 Å². The zero-order chi connectivity index (χ0) is 21.5. The number of likely N-dealkylation sites (N-methyl/N-ethyl adjacent to an activating group) is 1. The number of carbonyl (C=O) groups excluding carboxylic acids is 2. The maximum Gasteiger partial charge on any atom is 0.337 e. The third-order valence-electron chi connectivity index (χ3n) is 5.70. The number of para-hydroxylation sites is 1. The van der Waals surface area contributed by atoms with Crippen molar-refractivity contribution in [3.05, 3.63) is 41.1 Å². The van der Waals surface area contributed by atoms with Crippen LogP contribution in [0.4, 0.5) is 10.5 Å². The van der Waals surface area contributed by atoms with Crippen molar-refractivity contribution >= 4 is 17.7 Å². The average Bonchev–Trinajstić information content (AvgIpc) is 2.74. The van der Waals surface area contributed by atoms with E-state index < -0.39 is 0 Å². The summed E-state index contributed by atoms with van der Waals surface area (Å²) in [4.78, 5) is 29.3. The van der Waals surface area contributed by atoms with Crippen LogP contribution in [0.1, 0.15) is 45.1 Å². The standard InChI is InChI=1S/C23H34N4O3/c1-4-18-21(22(28)30-5-2)19(25-23(29)24-18)16-26(3)15-17-11-7-8-12-20(17)27-13-9-6-10-14-27/h7-8,11-12,18H,4-6,9-10,13-16H2,1-3H3,(H2,24,25,29)/t18-/m1/s1. The van der Waals surface area contributed by atoms with Crippen LogP contribution in [0.15, 0.2) is 35.5 Å². The number of hydrogen-bond donors (Lipinski definition) is 2. The predicted octanol–water partition coefficient (Wildman–Crippen LogP) is 3.02. The molecule has 1 saturated heterocycles. The summed E-state index contributed by atoms with van der Waals surface area (Å²) in [5.74, 6) is -0.367. The number of piperidine rings is 1. The quantitative estimate of drug-likeness (QED) is 0.640. The molecule has 1 aromatic carbocycles. The lowest BCUT2D eigenvalue weighted by Crippen LogP contribution is -2.51. The maximum absolute atomic E-state index is 12.6. The summed E-state index contributed by atoms with van der Waals surface area (Å²) < 4.78 is 5.26. The van der Waals surface area contributed by atoms with Crippen molar-refractivity contribution in [1.29, 1.82) is 0 Å². The summed E-state index contributed by atoms with van der Waals surface area (Å²) in [6, 6.07) is 7.91. The third kappa shape index (κ3) is 5.33. The number of hydrogen-bond acceptors (Lipinski definition) is 5. The highest BCUT2D eigenvalue weighted by Crippen LogP contribution is 2.25. The van der Waals surface area contributed by atoms with Gasteiger partial charge >= 0.3 is 12.0 Å². The van der Waals surface area contributed by atoms with E-state index in [0.717, 1.165) is 19.6 Å². The van der Waals surface area contributed by atoms with E-state index >= 15 is 0 Å². The maximum atomic E-state index is 12.6. The number of amides is 2. The highest BCUT2D eigenvalue weighted by molar-refractivity contribution is 5.94. The molecule has 3 rings (SSSR count). The Morgan fingerprint density at radius 3 is 2.60 bits per heavy atom. The van der Waals surface area contributed by atoms with E-state index in [1.54, 1.807) is 6.92 Å². The molecule has 0 aromatic heterocycles. The molecule has 7 nitrogen and oxygen atoms in total. The molecule has 2 aliphatic rings. The molecule has 164 valence electrons. The lowest BCUT2D eigenvalue weighted by atomic mass is 10.00. The fourth-order valence-corrected chi connectivity index (χ4v) is 4.29. The molecule has 0 bridgehead atoms. The minimum Gasteiger partial charge on any atom is -0.463 e. The van der Waals surface area contributed by atoms with Crippen LogP contribution in [0.2, 0.25) is 0 Å². The molecular formula is C23H34N4O3. The molecule has 1 fully saturated rings. The van der Waals surface area contributed by atoms with E-state index in [1.165, 1.54) is 30.5 Å². The van der Waals surface area contributed by atoms with Gasteiger partial charge in [-0.15, -0.1) is 0 Å². The van der Waals surface area contributed by atoms with Gasteiger partial charge in [-0.25, -0.2) is 9.59 Å². The Hall–Kier alpha value is -2.54. The first-order valence-corrected chi connectivity index (χ1v) is 11.0. The van der Waals surface area contributed by atoms with Crippen LogP contribution in [0.3, 0.4) is 0 Å². The van der Waals surface area contributed by atoms with Gasteiger partial charge in [-0.3, -0.25) is 4.90 Å². The van der Waals surface area contributed by atoms with Crippen molar-refractivity contribution < 1.29 is 14.3 Å². The molecule has 30 heavy (non-hydrogen) atoms. The van der Waals surface area contributed by atoms with Crippen LogP contribution in [0, 0.1) is 0 Å². The number of nitrogens with zero attached hydrogens (tertiary/aromatic N) is 2. The fraction of sp³-hybridized carbons (Fsp3) is 0.565. The first-order valence-electron chi connectivity index (χ1n) is 11.0. The van der Waals surface area contributed by atoms with Crippen molar-refractivity contribution in [2.45, 2.75) is 52.1 Å². The van der Waals surface area contributed by atoms with Crippen LogP contribution in [0.25, 0.3) is 0 Å². The molecular weight excluding hydrogens is 380 g/mol. The number of urea groups is 1. The molecule has 0 spiro atoms. The van der Waals surface area contributed by atoms with Crippen molar-refractivity contribution in [2.75, 3.05) is 38.2 Å². The second-order valence-electron chi connectivity index (χ2n) is 8.02. The fourth-order valence-electron chi connectivity index (χ4n) is 4.29. The SMILES string of the molecule is CCOC(=O)C1=C(CN(C)Cc2ccccc2N2CCCCC2)NC(=O)N[C@@H]1CC. The van der Waals surface area contributed by atoms with Crippen LogP contribution in [0.5, 0.6) is 0 Å². The largest absolute Gasteiger partial charge is 0.463 e. The van der Waals surface area contributed by atoms with Crippen LogP contribution < -0.4 is 15.5 Å². The number of benzene rings is 1. The van der Waals surface area contributed by atoms with E-state index in [1.807, 2.05) is 14.0 Å². The number of esters is 1. The monoisotopic (exact) mass is 414 g/mol. The zero-order valence-corrected chi connectivity index (χ0v) is 18.4. The van der Waals surface area contributed by atoms with Gasteiger partial charge in [-0.05, 0) is 51.3 Å². The van der Waals surface area contributed by atoms with Crippen molar-refractivity contribution in [3.8, 4) is 0 Å². The highest BCUT2D eigenvalue weighted by Gasteiger charge is 2.31. The number of ether oxygens (including phenoxy) is 1. The first kappa shape index (κ1) is 22.2. The van der Waals surface area contributed by atoms with E-state index in [9.17, 15) is 9.59 Å². The zero-order valence-electron chi connectivity index (χ0n) is 18.4. The third-order valence-corrected chi connectivity index (χ3v) is 5.70. The minimum atomic E-state index is -0.367. The minimum absolute atomic E-state index is 0.271. The molecule has 7 heteroatoms. The Morgan fingerprint density at radius 1 is 1.17 bits per heavy atom. The second kappa shape index (κ2) is 10.5. The molecule has 2 amide bonds. The summed E-state index contributed by atoms with van der Waals surface area (Å²) in [6.07, 6.45) is 4.40. The molecule has 2 N–H and O–H groups in total. The van der Waals surface area contributed by atoms with Gasteiger partial charge in [0.05, 0.1) is 18.2 Å². The van der Waals surface area contributed by atoms with Crippen molar-refractivity contribution in [1.82, 2.24) is 15.5 Å². The summed E-state index contributed by atoms with van der Waals surface area (Å²) in [5.41, 5.74) is 3.69. The smallest absolute Gasteiger partial charge is 0.337 e. The molecule has 2 aliphatic heterocycles. The van der Waals surface area contributed by atoms with Crippen molar-refractivity contribution in [2.24, 2.45) is 0 Å². The molecule has 0 unspecified atom stereocenters. The van der Waals surface area contributed by atoms with Gasteiger partial charge in [-0.1, -0.05) is 25.1 Å². The topological polar surface area (TPSA) is 73.9 Å². The number of rotatable bonds is 8. The van der Waals surface area contributed by atoms with E-state index in [0.29, 0.717) is 30.8 Å². The summed E-state index contributed by atoms with van der Waals surface area (Å²) in [7, 11) is 2.01. The second-order valence-corrected chi connectivity index (χ2v) is 8.02. The average molecular weight is 415 g/mol. The first-order chi connectivity index (χ1) is 14.5. The highest BCUT2D eigenvalue weighted by atomic mass is 16.5. The molecule has 0 aliphatic carbocycles. The van der Waals surface area contributed by atoms with E-state index in [2.05, 4.69) is 44.7 Å². The van der Waals surface area contributed by atoms with Gasteiger partial charge in [0.2, 0.25) is 0 Å². The lowest BCUT2D eigenvalue weighted by Gasteiger charge is -2.32. The van der Waals surface area contributed by atoms with E-state index in [-0.39, 0.29) is 18.0 Å². The van der Waals surface area contributed by atoms with Crippen LogP contribution in [-0.2, 0) is 16.1 Å². The van der Waals surface area contributed by atoms with E-state index in [4.69, 9.17) is 4.74 Å². The van der Waals surface area contributed by atoms with Crippen LogP contribution in [-0.4, -0.2) is 56.2 Å². The molecule has 0 radical (unpaired) electrons. The Bertz CT molecular complexity index is 786.